The lowest BCUT2D eigenvalue weighted by Gasteiger charge is -2.29. The molecular weight excluding hydrogens is 330 g/mol. The number of para-hydroxylation sites is 1. The average Bonchev–Trinajstić information content (AvgIpc) is 2.68. The fourth-order valence-electron chi connectivity index (χ4n) is 3.25. The van der Waals surface area contributed by atoms with Crippen LogP contribution in [-0.4, -0.2) is 34.0 Å². The van der Waals surface area contributed by atoms with Crippen molar-refractivity contribution in [2.45, 2.75) is 19.5 Å². The van der Waals surface area contributed by atoms with Gasteiger partial charge in [-0.05, 0) is 36.2 Å². The number of fused-ring (bicyclic) bond motifs is 2. The topological polar surface area (TPSA) is 64.4 Å². The van der Waals surface area contributed by atoms with Gasteiger partial charge in [0.2, 0.25) is 5.91 Å². The van der Waals surface area contributed by atoms with E-state index in [0.29, 0.717) is 29.8 Å². The van der Waals surface area contributed by atoms with Crippen LogP contribution in [0.25, 0.3) is 10.9 Å². The molecule has 26 heavy (non-hydrogen) atoms. The van der Waals surface area contributed by atoms with Gasteiger partial charge in [-0.25, -0.2) is 4.98 Å². The molecule has 6 heteroatoms. The molecule has 0 radical (unpaired) electrons. The van der Waals surface area contributed by atoms with Crippen molar-refractivity contribution in [3.8, 4) is 5.75 Å². The molecule has 0 N–H and O–H groups in total. The predicted octanol–water partition coefficient (Wildman–Crippen LogP) is 1.99. The smallest absolute Gasteiger partial charge is 0.261 e. The van der Waals surface area contributed by atoms with E-state index in [1.54, 1.807) is 18.1 Å². The zero-order valence-corrected chi connectivity index (χ0v) is 14.5. The molecule has 1 amide bonds. The van der Waals surface area contributed by atoms with Gasteiger partial charge in [-0.1, -0.05) is 24.3 Å². The van der Waals surface area contributed by atoms with E-state index < -0.39 is 0 Å². The molecule has 1 aromatic heterocycles. The van der Waals surface area contributed by atoms with E-state index in [-0.39, 0.29) is 18.0 Å². The molecule has 0 aliphatic carbocycles. The molecule has 6 nitrogen and oxygen atoms in total. The number of hydrogen-bond donors (Lipinski definition) is 0. The SMILES string of the molecule is COc1ccc(CCN2Cc3nc4ccccc4c(=O)n3CC2=O)cc1. The lowest BCUT2D eigenvalue weighted by Crippen LogP contribution is -2.44. The van der Waals surface area contributed by atoms with Crippen molar-refractivity contribution in [1.82, 2.24) is 14.5 Å². The van der Waals surface area contributed by atoms with Gasteiger partial charge in [-0.15, -0.1) is 0 Å². The van der Waals surface area contributed by atoms with Crippen molar-refractivity contribution in [2.24, 2.45) is 0 Å². The molecule has 4 rings (SSSR count). The summed E-state index contributed by atoms with van der Waals surface area (Å²) in [6.07, 6.45) is 0.744. The lowest BCUT2D eigenvalue weighted by atomic mass is 10.1. The van der Waals surface area contributed by atoms with Gasteiger partial charge >= 0.3 is 0 Å². The maximum Gasteiger partial charge on any atom is 0.261 e. The second-order valence-electron chi connectivity index (χ2n) is 6.35. The first-order valence-electron chi connectivity index (χ1n) is 8.55. The molecule has 0 atom stereocenters. The Kier molecular flexibility index (Phi) is 4.16. The third kappa shape index (κ3) is 2.94. The largest absolute Gasteiger partial charge is 0.497 e. The van der Waals surface area contributed by atoms with E-state index in [1.807, 2.05) is 42.5 Å². The summed E-state index contributed by atoms with van der Waals surface area (Å²) >= 11 is 0. The van der Waals surface area contributed by atoms with Crippen LogP contribution in [0.3, 0.4) is 0 Å². The van der Waals surface area contributed by atoms with Crippen molar-refractivity contribution in [3.63, 3.8) is 0 Å². The van der Waals surface area contributed by atoms with Gasteiger partial charge in [0, 0.05) is 6.54 Å². The molecule has 132 valence electrons. The number of amides is 1. The fraction of sp³-hybridized carbons (Fsp3) is 0.250. The minimum atomic E-state index is -0.145. The highest BCUT2D eigenvalue weighted by molar-refractivity contribution is 5.80. The maximum absolute atomic E-state index is 12.6. The molecular formula is C20H19N3O3. The van der Waals surface area contributed by atoms with Gasteiger partial charge in [-0.2, -0.15) is 0 Å². The van der Waals surface area contributed by atoms with Crippen LogP contribution in [0.2, 0.25) is 0 Å². The van der Waals surface area contributed by atoms with Gasteiger partial charge in [0.15, 0.2) is 0 Å². The molecule has 2 aromatic carbocycles. The highest BCUT2D eigenvalue weighted by atomic mass is 16.5. The molecule has 0 saturated carbocycles. The first kappa shape index (κ1) is 16.3. The summed E-state index contributed by atoms with van der Waals surface area (Å²) in [5, 5.41) is 0.552. The minimum Gasteiger partial charge on any atom is -0.497 e. The normalized spacial score (nSPS) is 13.7. The van der Waals surface area contributed by atoms with Gasteiger partial charge in [0.1, 0.15) is 18.1 Å². The summed E-state index contributed by atoms with van der Waals surface area (Å²) in [4.78, 5) is 31.4. The quantitative estimate of drug-likeness (QED) is 0.723. The lowest BCUT2D eigenvalue weighted by molar-refractivity contribution is -0.134. The van der Waals surface area contributed by atoms with Crippen LogP contribution >= 0.6 is 0 Å². The van der Waals surface area contributed by atoms with Crippen LogP contribution in [0, 0.1) is 0 Å². The Balaban J connectivity index is 1.55. The first-order chi connectivity index (χ1) is 12.7. The number of carbonyl (C=O) groups is 1. The molecule has 0 bridgehead atoms. The van der Waals surface area contributed by atoms with Gasteiger partial charge in [0.25, 0.3) is 5.56 Å². The third-order valence-electron chi connectivity index (χ3n) is 4.75. The Hall–Kier alpha value is -3.15. The number of methoxy groups -OCH3 is 1. The zero-order valence-electron chi connectivity index (χ0n) is 14.5. The molecule has 0 spiro atoms. The van der Waals surface area contributed by atoms with Crippen LogP contribution in [0.15, 0.2) is 53.3 Å². The van der Waals surface area contributed by atoms with E-state index in [2.05, 4.69) is 4.98 Å². The van der Waals surface area contributed by atoms with Crippen molar-refractivity contribution in [2.75, 3.05) is 13.7 Å². The summed E-state index contributed by atoms with van der Waals surface area (Å²) in [6.45, 7) is 0.998. The van der Waals surface area contributed by atoms with E-state index in [1.165, 1.54) is 4.57 Å². The Morgan fingerprint density at radius 2 is 1.81 bits per heavy atom. The Bertz CT molecular complexity index is 1020. The fourth-order valence-corrected chi connectivity index (χ4v) is 3.25. The number of ether oxygens (including phenoxy) is 1. The highest BCUT2D eigenvalue weighted by Crippen LogP contribution is 2.16. The van der Waals surface area contributed by atoms with Crippen LogP contribution < -0.4 is 10.3 Å². The van der Waals surface area contributed by atoms with E-state index >= 15 is 0 Å². The van der Waals surface area contributed by atoms with Gasteiger partial charge in [-0.3, -0.25) is 14.2 Å². The number of hydrogen-bond acceptors (Lipinski definition) is 4. The average molecular weight is 349 g/mol. The highest BCUT2D eigenvalue weighted by Gasteiger charge is 2.25. The van der Waals surface area contributed by atoms with Crippen molar-refractivity contribution < 1.29 is 9.53 Å². The summed E-state index contributed by atoms with van der Waals surface area (Å²) in [7, 11) is 1.64. The van der Waals surface area contributed by atoms with Crippen LogP contribution in [-0.2, 0) is 24.3 Å². The minimum absolute atomic E-state index is 0.0502. The molecule has 3 aromatic rings. The number of aromatic nitrogens is 2. The molecule has 0 fully saturated rings. The standard InChI is InChI=1S/C20H19N3O3/c1-26-15-8-6-14(7-9-15)10-11-22-12-18-21-17-5-3-2-4-16(17)20(25)23(18)13-19(22)24/h2-9H,10-13H2,1H3. The predicted molar refractivity (Wildman–Crippen MR) is 98.1 cm³/mol. The van der Waals surface area contributed by atoms with Crippen LogP contribution in [0.4, 0.5) is 0 Å². The van der Waals surface area contributed by atoms with Crippen molar-refractivity contribution in [3.05, 3.63) is 70.3 Å². The first-order valence-corrected chi connectivity index (χ1v) is 8.55. The van der Waals surface area contributed by atoms with Crippen LogP contribution in [0.1, 0.15) is 11.4 Å². The maximum atomic E-state index is 12.6. The number of carbonyl (C=O) groups excluding carboxylic acids is 1. The third-order valence-corrected chi connectivity index (χ3v) is 4.75. The second-order valence-corrected chi connectivity index (χ2v) is 6.35. The van der Waals surface area contributed by atoms with Crippen molar-refractivity contribution in [1.29, 1.82) is 0 Å². The van der Waals surface area contributed by atoms with Gasteiger partial charge < -0.3 is 9.64 Å². The summed E-state index contributed by atoms with van der Waals surface area (Å²) in [6, 6.07) is 15.1. The number of rotatable bonds is 4. The van der Waals surface area contributed by atoms with E-state index in [0.717, 1.165) is 17.7 Å². The molecule has 0 saturated heterocycles. The number of nitrogens with zero attached hydrogens (tertiary/aromatic N) is 3. The molecule has 2 heterocycles. The number of benzene rings is 2. The molecule has 0 unspecified atom stereocenters. The summed E-state index contributed by atoms with van der Waals surface area (Å²) < 4.78 is 6.66. The summed E-state index contributed by atoms with van der Waals surface area (Å²) in [5.74, 6) is 1.40. The Morgan fingerprint density at radius 1 is 1.04 bits per heavy atom. The second kappa shape index (κ2) is 6.63. The molecule has 1 aliphatic heterocycles. The Morgan fingerprint density at radius 3 is 2.58 bits per heavy atom. The monoisotopic (exact) mass is 349 g/mol. The summed E-state index contributed by atoms with van der Waals surface area (Å²) in [5.41, 5.74) is 1.66. The Labute approximate surface area is 150 Å². The van der Waals surface area contributed by atoms with Crippen LogP contribution in [0.5, 0.6) is 5.75 Å². The zero-order chi connectivity index (χ0) is 18.1. The van der Waals surface area contributed by atoms with Gasteiger partial charge in [0.05, 0.1) is 24.6 Å². The van der Waals surface area contributed by atoms with Crippen molar-refractivity contribution >= 4 is 16.8 Å². The van der Waals surface area contributed by atoms with E-state index in [4.69, 9.17) is 4.74 Å². The van der Waals surface area contributed by atoms with E-state index in [9.17, 15) is 9.59 Å². The molecule has 1 aliphatic rings.